The number of fused-ring (bicyclic) bond motifs is 1. The van der Waals surface area contributed by atoms with E-state index in [9.17, 15) is 4.39 Å². The number of aromatic nitrogens is 6. The maximum atomic E-state index is 13.8. The molecule has 174 valence electrons. The number of nitrogens with zero attached hydrogens (tertiary/aromatic N) is 6. The monoisotopic (exact) mass is 478 g/mol. The van der Waals surface area contributed by atoms with Crippen LogP contribution in [-0.2, 0) is 4.74 Å². The fourth-order valence-electron chi connectivity index (χ4n) is 4.50. The lowest BCUT2D eigenvalue weighted by Gasteiger charge is -2.28. The molecule has 34 heavy (non-hydrogen) atoms. The number of halogens is 2. The zero-order valence-corrected chi connectivity index (χ0v) is 19.8. The van der Waals surface area contributed by atoms with E-state index in [0.29, 0.717) is 40.9 Å². The summed E-state index contributed by atoms with van der Waals surface area (Å²) in [4.78, 5) is 19.2. The first-order valence-corrected chi connectivity index (χ1v) is 12.0. The third-order valence-corrected chi connectivity index (χ3v) is 7.02. The number of aryl methyl sites for hydroxylation is 2. The summed E-state index contributed by atoms with van der Waals surface area (Å²) in [5.74, 6) is 0.363. The second-order valence-corrected chi connectivity index (χ2v) is 9.59. The van der Waals surface area contributed by atoms with Crippen LogP contribution in [0, 0.1) is 19.7 Å². The summed E-state index contributed by atoms with van der Waals surface area (Å²) in [7, 11) is 0. The van der Waals surface area contributed by atoms with Crippen molar-refractivity contribution in [2.75, 3.05) is 6.61 Å². The first-order valence-electron chi connectivity index (χ1n) is 11.6. The van der Waals surface area contributed by atoms with Gasteiger partial charge in [0.25, 0.3) is 0 Å². The zero-order chi connectivity index (χ0) is 23.4. The first kappa shape index (κ1) is 21.6. The van der Waals surface area contributed by atoms with Crippen LogP contribution in [0.3, 0.4) is 0 Å². The van der Waals surface area contributed by atoms with Gasteiger partial charge in [-0.05, 0) is 57.7 Å². The van der Waals surface area contributed by atoms with Gasteiger partial charge in [-0.1, -0.05) is 11.6 Å². The minimum Gasteiger partial charge on any atom is -0.373 e. The standard InChI is InChI=1S/C25H24ClFN6O/c1-13-14(2)30-25-23(29-13)22(19-6-3-17(27)10-20(19)26)31-24(32-25)15-7-8-34-21(9-15)16-11-28-33(12-16)18-4-5-18/h3,6,10-12,15,18,21H,4-5,7-9H2,1-2H3/t15-,21-/m1/s1. The molecule has 4 heterocycles. The van der Waals surface area contributed by atoms with Crippen molar-refractivity contribution in [3.8, 4) is 11.3 Å². The zero-order valence-electron chi connectivity index (χ0n) is 19.0. The number of rotatable bonds is 4. The van der Waals surface area contributed by atoms with Crippen molar-refractivity contribution in [3.05, 3.63) is 64.2 Å². The summed E-state index contributed by atoms with van der Waals surface area (Å²) in [5, 5.41) is 4.80. The van der Waals surface area contributed by atoms with Crippen LogP contribution in [0.5, 0.6) is 0 Å². The van der Waals surface area contributed by atoms with E-state index in [1.165, 1.54) is 25.0 Å². The van der Waals surface area contributed by atoms with Crippen LogP contribution in [-0.4, -0.2) is 36.3 Å². The van der Waals surface area contributed by atoms with E-state index >= 15 is 0 Å². The van der Waals surface area contributed by atoms with Gasteiger partial charge in [0.2, 0.25) is 0 Å². The minimum atomic E-state index is -0.399. The van der Waals surface area contributed by atoms with E-state index < -0.39 is 5.82 Å². The molecular weight excluding hydrogens is 455 g/mol. The second-order valence-electron chi connectivity index (χ2n) is 9.19. The van der Waals surface area contributed by atoms with Crippen LogP contribution in [0.4, 0.5) is 4.39 Å². The molecule has 2 aliphatic rings. The normalized spacial score (nSPS) is 20.7. The maximum absolute atomic E-state index is 13.8. The third kappa shape index (κ3) is 3.95. The van der Waals surface area contributed by atoms with Crippen molar-refractivity contribution in [1.82, 2.24) is 29.7 Å². The van der Waals surface area contributed by atoms with Gasteiger partial charge < -0.3 is 4.74 Å². The van der Waals surface area contributed by atoms with Gasteiger partial charge in [-0.3, -0.25) is 4.68 Å². The molecule has 0 unspecified atom stereocenters. The molecule has 6 rings (SSSR count). The molecule has 0 bridgehead atoms. The van der Waals surface area contributed by atoms with E-state index in [1.54, 1.807) is 6.07 Å². The van der Waals surface area contributed by atoms with Crippen LogP contribution in [0.1, 0.15) is 66.5 Å². The van der Waals surface area contributed by atoms with Gasteiger partial charge in [0.15, 0.2) is 5.65 Å². The summed E-state index contributed by atoms with van der Waals surface area (Å²) in [6.45, 7) is 4.42. The molecule has 0 amide bonds. The van der Waals surface area contributed by atoms with Gasteiger partial charge in [0, 0.05) is 29.8 Å². The number of benzene rings is 1. The summed E-state index contributed by atoms with van der Waals surface area (Å²) in [5.41, 5.74) is 4.97. The summed E-state index contributed by atoms with van der Waals surface area (Å²) < 4.78 is 21.9. The van der Waals surface area contributed by atoms with E-state index in [4.69, 9.17) is 36.3 Å². The molecule has 4 aromatic rings. The molecule has 2 atom stereocenters. The third-order valence-electron chi connectivity index (χ3n) is 6.71. The quantitative estimate of drug-likeness (QED) is 0.376. The Bertz CT molecular complexity index is 1400. The number of ether oxygens (including phenoxy) is 1. The summed E-state index contributed by atoms with van der Waals surface area (Å²) in [6.07, 6.45) is 7.88. The van der Waals surface area contributed by atoms with Crippen molar-refractivity contribution < 1.29 is 9.13 Å². The predicted molar refractivity (Wildman–Crippen MR) is 126 cm³/mol. The fraction of sp³-hybridized carbons (Fsp3) is 0.400. The molecule has 1 aliphatic heterocycles. The topological polar surface area (TPSA) is 78.6 Å². The highest BCUT2D eigenvalue weighted by Crippen LogP contribution is 2.40. The second kappa shape index (κ2) is 8.36. The molecule has 7 nitrogen and oxygen atoms in total. The van der Waals surface area contributed by atoms with Crippen LogP contribution < -0.4 is 0 Å². The highest BCUT2D eigenvalue weighted by molar-refractivity contribution is 6.33. The van der Waals surface area contributed by atoms with Crippen LogP contribution in [0.2, 0.25) is 5.02 Å². The Morgan fingerprint density at radius 1 is 1.06 bits per heavy atom. The Kier molecular flexibility index (Phi) is 5.30. The molecule has 3 aromatic heterocycles. The Morgan fingerprint density at radius 3 is 2.68 bits per heavy atom. The fourth-order valence-corrected chi connectivity index (χ4v) is 4.76. The molecule has 1 aromatic carbocycles. The lowest BCUT2D eigenvalue weighted by Crippen LogP contribution is -2.20. The summed E-state index contributed by atoms with van der Waals surface area (Å²) >= 11 is 6.43. The van der Waals surface area contributed by atoms with Crippen molar-refractivity contribution in [3.63, 3.8) is 0 Å². The maximum Gasteiger partial charge on any atom is 0.182 e. The average Bonchev–Trinajstić information content (AvgIpc) is 3.56. The Hall–Kier alpha value is -2.97. The highest BCUT2D eigenvalue weighted by atomic mass is 35.5. The van der Waals surface area contributed by atoms with Gasteiger partial charge in [-0.15, -0.1) is 0 Å². The van der Waals surface area contributed by atoms with Crippen molar-refractivity contribution >= 4 is 22.8 Å². The van der Waals surface area contributed by atoms with E-state index in [-0.39, 0.29) is 17.0 Å². The van der Waals surface area contributed by atoms with Gasteiger partial charge in [0.1, 0.15) is 22.9 Å². The molecule has 1 saturated carbocycles. The van der Waals surface area contributed by atoms with Gasteiger partial charge >= 0.3 is 0 Å². The molecule has 0 spiro atoms. The lowest BCUT2D eigenvalue weighted by molar-refractivity contribution is 0.00396. The van der Waals surface area contributed by atoms with E-state index in [0.717, 1.165) is 29.8 Å². The minimum absolute atomic E-state index is 0.0609. The average molecular weight is 479 g/mol. The molecular formula is C25H24ClFN6O. The largest absolute Gasteiger partial charge is 0.373 e. The highest BCUT2D eigenvalue weighted by Gasteiger charge is 2.31. The van der Waals surface area contributed by atoms with Crippen LogP contribution >= 0.6 is 11.6 Å². The van der Waals surface area contributed by atoms with E-state index in [1.807, 2.05) is 24.7 Å². The van der Waals surface area contributed by atoms with E-state index in [2.05, 4.69) is 11.3 Å². The van der Waals surface area contributed by atoms with Gasteiger partial charge in [0.05, 0.1) is 34.8 Å². The molecule has 0 N–H and O–H groups in total. The van der Waals surface area contributed by atoms with Crippen molar-refractivity contribution in [1.29, 1.82) is 0 Å². The Labute approximate surface area is 201 Å². The molecule has 2 fully saturated rings. The smallest absolute Gasteiger partial charge is 0.182 e. The van der Waals surface area contributed by atoms with Gasteiger partial charge in [-0.2, -0.15) is 5.10 Å². The Balaban J connectivity index is 1.41. The SMILES string of the molecule is Cc1nc2nc([C@@H]3CCO[C@@H](c4cnn(C5CC5)c4)C3)nc(-c3ccc(F)cc3Cl)c2nc1C. The molecule has 9 heteroatoms. The Morgan fingerprint density at radius 2 is 1.88 bits per heavy atom. The summed E-state index contributed by atoms with van der Waals surface area (Å²) in [6, 6.07) is 4.84. The number of hydrogen-bond acceptors (Lipinski definition) is 6. The lowest BCUT2D eigenvalue weighted by atomic mass is 9.92. The predicted octanol–water partition coefficient (Wildman–Crippen LogP) is 5.66. The number of hydrogen-bond donors (Lipinski definition) is 0. The van der Waals surface area contributed by atoms with Crippen LogP contribution in [0.25, 0.3) is 22.4 Å². The molecule has 0 radical (unpaired) electrons. The molecule has 1 aliphatic carbocycles. The van der Waals surface area contributed by atoms with Gasteiger partial charge in [-0.25, -0.2) is 24.3 Å². The van der Waals surface area contributed by atoms with Crippen molar-refractivity contribution in [2.24, 2.45) is 0 Å². The first-order chi connectivity index (χ1) is 16.5. The van der Waals surface area contributed by atoms with Crippen LogP contribution in [0.15, 0.2) is 30.6 Å². The molecule has 1 saturated heterocycles. The van der Waals surface area contributed by atoms with Crippen molar-refractivity contribution in [2.45, 2.75) is 57.6 Å².